The summed E-state index contributed by atoms with van der Waals surface area (Å²) < 4.78 is 14.2. The fraction of sp³-hybridized carbons (Fsp3) is 0.733. The molecule has 2 aliphatic rings. The molecule has 1 aliphatic carbocycles. The van der Waals surface area contributed by atoms with Gasteiger partial charge < -0.3 is 9.16 Å². The lowest BCUT2D eigenvalue weighted by atomic mass is 9.68. The first-order valence-corrected chi connectivity index (χ1v) is 16.5. The number of unbranched alkanes of at least 4 members (excludes halogenated alkanes) is 2. The first-order valence-electron chi connectivity index (χ1n) is 14.0. The molecule has 0 saturated carbocycles. The van der Waals surface area contributed by atoms with Crippen LogP contribution in [-0.4, -0.2) is 13.9 Å². The number of fused-ring (bicyclic) bond motifs is 3. The minimum absolute atomic E-state index is 0.140. The Labute approximate surface area is 205 Å². The summed E-state index contributed by atoms with van der Waals surface area (Å²) in [6.45, 7) is 16.2. The van der Waals surface area contributed by atoms with Crippen LogP contribution in [0.1, 0.15) is 117 Å². The van der Waals surface area contributed by atoms with Gasteiger partial charge in [0.05, 0.1) is 0 Å². The van der Waals surface area contributed by atoms with Crippen LogP contribution in [0.3, 0.4) is 0 Å². The number of hydrogen-bond acceptors (Lipinski definition) is 2. The highest BCUT2D eigenvalue weighted by atomic mass is 28.4. The first-order chi connectivity index (χ1) is 15.8. The van der Waals surface area contributed by atoms with Crippen LogP contribution in [-0.2, 0) is 6.42 Å². The van der Waals surface area contributed by atoms with Crippen molar-refractivity contribution in [3.05, 3.63) is 34.9 Å². The molecule has 0 aromatic heterocycles. The van der Waals surface area contributed by atoms with E-state index in [-0.39, 0.29) is 5.60 Å². The Morgan fingerprint density at radius 1 is 0.970 bits per heavy atom. The van der Waals surface area contributed by atoms with E-state index in [9.17, 15) is 0 Å². The van der Waals surface area contributed by atoms with Crippen molar-refractivity contribution < 1.29 is 9.16 Å². The number of rotatable bonds is 12. The summed E-state index contributed by atoms with van der Waals surface area (Å²) in [7, 11) is -1.84. The molecule has 2 atom stereocenters. The molecule has 0 N–H and O–H groups in total. The molecule has 1 aliphatic heterocycles. The molecule has 0 amide bonds. The van der Waals surface area contributed by atoms with Gasteiger partial charge in [-0.2, -0.15) is 0 Å². The van der Waals surface area contributed by atoms with E-state index >= 15 is 0 Å². The maximum absolute atomic E-state index is 7.35. The van der Waals surface area contributed by atoms with Crippen LogP contribution in [0.25, 0.3) is 0 Å². The maximum Gasteiger partial charge on any atom is 0.251 e. The van der Waals surface area contributed by atoms with E-state index in [2.05, 4.69) is 66.7 Å². The van der Waals surface area contributed by atoms with E-state index < -0.39 is 8.32 Å². The van der Waals surface area contributed by atoms with Gasteiger partial charge in [0.25, 0.3) is 8.32 Å². The Morgan fingerprint density at radius 2 is 1.64 bits per heavy atom. The Kier molecular flexibility index (Phi) is 9.17. The van der Waals surface area contributed by atoms with Gasteiger partial charge in [0.1, 0.15) is 17.1 Å². The molecule has 0 radical (unpaired) electrons. The second-order valence-electron chi connectivity index (χ2n) is 11.4. The van der Waals surface area contributed by atoms with Crippen LogP contribution in [0.5, 0.6) is 11.5 Å². The fourth-order valence-electron chi connectivity index (χ4n) is 6.50. The number of ether oxygens (including phenoxy) is 1. The van der Waals surface area contributed by atoms with Crippen molar-refractivity contribution in [2.45, 2.75) is 136 Å². The summed E-state index contributed by atoms with van der Waals surface area (Å²) in [5, 5.41) is 0. The van der Waals surface area contributed by atoms with Gasteiger partial charge >= 0.3 is 0 Å². The van der Waals surface area contributed by atoms with Crippen LogP contribution in [0.2, 0.25) is 18.1 Å². The van der Waals surface area contributed by atoms with Crippen molar-refractivity contribution >= 4 is 8.32 Å². The summed E-state index contributed by atoms with van der Waals surface area (Å²) in [5.41, 5.74) is 4.14. The van der Waals surface area contributed by atoms with Crippen LogP contribution in [0, 0.1) is 5.92 Å². The third kappa shape index (κ3) is 6.07. The van der Waals surface area contributed by atoms with E-state index in [1.165, 1.54) is 91.9 Å². The van der Waals surface area contributed by atoms with Crippen LogP contribution in [0.4, 0.5) is 0 Å². The molecule has 1 aromatic carbocycles. The van der Waals surface area contributed by atoms with Crippen LogP contribution in [0.15, 0.2) is 23.8 Å². The van der Waals surface area contributed by atoms with Crippen molar-refractivity contribution in [1.29, 1.82) is 0 Å². The zero-order valence-electron chi connectivity index (χ0n) is 22.7. The number of hydrogen-bond donors (Lipinski definition) is 0. The monoisotopic (exact) mass is 470 g/mol. The van der Waals surface area contributed by atoms with Crippen molar-refractivity contribution in [1.82, 2.24) is 0 Å². The summed E-state index contributed by atoms with van der Waals surface area (Å²) in [4.78, 5) is 0. The molecule has 1 heterocycles. The lowest BCUT2D eigenvalue weighted by molar-refractivity contribution is 0.0110. The molecule has 0 bridgehead atoms. The second kappa shape index (κ2) is 11.5. The third-order valence-corrected chi connectivity index (χ3v) is 12.9. The summed E-state index contributed by atoms with van der Waals surface area (Å²) in [6, 6.07) is 8.57. The smallest absolute Gasteiger partial charge is 0.251 e. The third-order valence-electron chi connectivity index (χ3n) is 8.02. The average Bonchev–Trinajstić information content (AvgIpc) is 2.73. The van der Waals surface area contributed by atoms with E-state index in [0.29, 0.717) is 11.8 Å². The average molecular weight is 471 g/mol. The zero-order chi connectivity index (χ0) is 24.1. The molecule has 3 rings (SSSR count). The molecule has 0 unspecified atom stereocenters. The molecule has 0 saturated heterocycles. The predicted molar refractivity (Wildman–Crippen MR) is 145 cm³/mol. The number of benzene rings is 1. The van der Waals surface area contributed by atoms with Crippen molar-refractivity contribution in [2.75, 3.05) is 0 Å². The SMILES string of the molecule is CCCCCc1cc2c(c(O[Si](CCC)(CCC)CCC)c1)[C@H]1C=C(C)CC[C@@H]1C(C)(C)O2. The van der Waals surface area contributed by atoms with Crippen LogP contribution < -0.4 is 9.16 Å². The van der Waals surface area contributed by atoms with Gasteiger partial charge in [0.2, 0.25) is 0 Å². The van der Waals surface area contributed by atoms with E-state index in [1.807, 2.05) is 0 Å². The van der Waals surface area contributed by atoms with Gasteiger partial charge in [0, 0.05) is 17.4 Å². The molecular formula is C30H50O2Si. The molecule has 0 spiro atoms. The number of aryl methyl sites for hydroxylation is 1. The Bertz CT molecular complexity index is 793. The topological polar surface area (TPSA) is 18.5 Å². The predicted octanol–water partition coefficient (Wildman–Crippen LogP) is 9.58. The van der Waals surface area contributed by atoms with Crippen LogP contribution >= 0.6 is 0 Å². The quantitative estimate of drug-likeness (QED) is 0.172. The van der Waals surface area contributed by atoms with E-state index in [1.54, 1.807) is 0 Å². The molecule has 3 heteroatoms. The Morgan fingerprint density at radius 3 is 2.24 bits per heavy atom. The molecule has 0 fully saturated rings. The van der Waals surface area contributed by atoms with E-state index in [4.69, 9.17) is 9.16 Å². The fourth-order valence-corrected chi connectivity index (χ4v) is 10.9. The highest BCUT2D eigenvalue weighted by molar-refractivity contribution is 6.74. The van der Waals surface area contributed by atoms with Gasteiger partial charge in [-0.25, -0.2) is 0 Å². The van der Waals surface area contributed by atoms with Gasteiger partial charge in [-0.1, -0.05) is 71.4 Å². The minimum atomic E-state index is -1.84. The summed E-state index contributed by atoms with van der Waals surface area (Å²) in [5.74, 6) is 3.21. The lowest BCUT2D eigenvalue weighted by Gasteiger charge is -2.47. The first kappa shape index (κ1) is 26.4. The van der Waals surface area contributed by atoms with Gasteiger partial charge in [-0.05, 0) is 82.3 Å². The number of allylic oxidation sites excluding steroid dienone is 2. The standard InChI is InChI=1S/C30H50O2Si/c1-8-12-13-14-24-21-27-29(25-20-23(5)15-16-26(25)30(6,7)31-27)28(22-24)32-33(17-9-2,18-10-3)19-11-4/h20-22,25-26H,8-19H2,1-7H3/t25-,26-/m0/s1. The van der Waals surface area contributed by atoms with Gasteiger partial charge in [-0.3, -0.25) is 0 Å². The molecule has 186 valence electrons. The normalized spacial score (nSPS) is 21.6. The largest absolute Gasteiger partial charge is 0.543 e. The van der Waals surface area contributed by atoms with Crippen molar-refractivity contribution in [3.63, 3.8) is 0 Å². The molecule has 2 nitrogen and oxygen atoms in total. The summed E-state index contributed by atoms with van der Waals surface area (Å²) in [6.07, 6.45) is 13.5. The van der Waals surface area contributed by atoms with Gasteiger partial charge in [-0.15, -0.1) is 0 Å². The highest BCUT2D eigenvalue weighted by Crippen LogP contribution is 2.54. The Balaban J connectivity index is 2.13. The highest BCUT2D eigenvalue weighted by Gasteiger charge is 2.46. The van der Waals surface area contributed by atoms with E-state index in [0.717, 1.165) is 12.2 Å². The molecule has 33 heavy (non-hydrogen) atoms. The zero-order valence-corrected chi connectivity index (χ0v) is 23.7. The maximum atomic E-state index is 7.35. The second-order valence-corrected chi connectivity index (χ2v) is 15.5. The minimum Gasteiger partial charge on any atom is -0.543 e. The summed E-state index contributed by atoms with van der Waals surface area (Å²) >= 11 is 0. The van der Waals surface area contributed by atoms with Gasteiger partial charge in [0.15, 0.2) is 0 Å². The lowest BCUT2D eigenvalue weighted by Crippen LogP contribution is -2.46. The Hall–Kier alpha value is -1.22. The van der Waals surface area contributed by atoms with Crippen molar-refractivity contribution in [3.8, 4) is 11.5 Å². The molecule has 1 aromatic rings. The van der Waals surface area contributed by atoms with Crippen molar-refractivity contribution in [2.24, 2.45) is 5.92 Å². The molecular weight excluding hydrogens is 420 g/mol.